The number of rotatable bonds is 4. The molecule has 98 valence electrons. The molecule has 1 aromatic carbocycles. The van der Waals surface area contributed by atoms with Crippen molar-refractivity contribution in [1.29, 1.82) is 0 Å². The number of anilines is 1. The van der Waals surface area contributed by atoms with E-state index in [1.165, 1.54) is 23.2 Å². The summed E-state index contributed by atoms with van der Waals surface area (Å²) in [7, 11) is 1.58. The number of carboxylic acids is 1. The first-order chi connectivity index (χ1) is 9.06. The Morgan fingerprint density at radius 2 is 2.21 bits per heavy atom. The van der Waals surface area contributed by atoms with Crippen molar-refractivity contribution >= 4 is 11.9 Å². The van der Waals surface area contributed by atoms with Crippen LogP contribution in [-0.4, -0.2) is 34.6 Å². The van der Waals surface area contributed by atoms with Gasteiger partial charge in [0, 0.05) is 18.8 Å². The second-order valence-electron chi connectivity index (χ2n) is 4.00. The summed E-state index contributed by atoms with van der Waals surface area (Å²) in [6.07, 6.45) is 1.51. The maximum absolute atomic E-state index is 13.2. The molecule has 0 saturated heterocycles. The second-order valence-corrected chi connectivity index (χ2v) is 4.00. The Bertz CT molecular complexity index is 604. The van der Waals surface area contributed by atoms with E-state index in [0.29, 0.717) is 11.3 Å². The van der Waals surface area contributed by atoms with Gasteiger partial charge < -0.3 is 10.0 Å². The fourth-order valence-corrected chi connectivity index (χ4v) is 1.61. The quantitative estimate of drug-likeness (QED) is 0.909. The summed E-state index contributed by atoms with van der Waals surface area (Å²) in [4.78, 5) is 20.3. The third kappa shape index (κ3) is 3.25. The van der Waals surface area contributed by atoms with Gasteiger partial charge >= 0.3 is 5.97 Å². The molecular formula is C13H12FN3O2. The Morgan fingerprint density at radius 3 is 2.89 bits per heavy atom. The highest BCUT2D eigenvalue weighted by Crippen LogP contribution is 2.19. The van der Waals surface area contributed by atoms with Crippen molar-refractivity contribution in [3.63, 3.8) is 0 Å². The van der Waals surface area contributed by atoms with Crippen molar-refractivity contribution in [2.24, 2.45) is 0 Å². The number of carbonyl (C=O) groups is 1. The Labute approximate surface area is 109 Å². The number of aliphatic carboxylic acids is 1. The molecule has 1 N–H and O–H groups in total. The molecule has 0 radical (unpaired) electrons. The van der Waals surface area contributed by atoms with Crippen LogP contribution in [0.2, 0.25) is 0 Å². The molecule has 0 unspecified atom stereocenters. The molecule has 5 nitrogen and oxygen atoms in total. The van der Waals surface area contributed by atoms with Crippen LogP contribution in [0.1, 0.15) is 0 Å². The summed E-state index contributed by atoms with van der Waals surface area (Å²) < 4.78 is 13.2. The highest BCUT2D eigenvalue weighted by atomic mass is 19.1. The molecule has 2 aromatic rings. The molecule has 0 aliphatic carbocycles. The van der Waals surface area contributed by atoms with E-state index in [1.807, 2.05) is 0 Å². The van der Waals surface area contributed by atoms with Gasteiger partial charge in [-0.1, -0.05) is 12.1 Å². The fourth-order valence-electron chi connectivity index (χ4n) is 1.61. The van der Waals surface area contributed by atoms with Crippen molar-refractivity contribution in [2.75, 3.05) is 18.5 Å². The van der Waals surface area contributed by atoms with Gasteiger partial charge in [-0.15, -0.1) is 0 Å². The van der Waals surface area contributed by atoms with E-state index in [1.54, 1.807) is 25.2 Å². The van der Waals surface area contributed by atoms with Gasteiger partial charge in [-0.05, 0) is 18.2 Å². The molecule has 1 aromatic heterocycles. The molecule has 0 spiro atoms. The van der Waals surface area contributed by atoms with E-state index < -0.39 is 5.97 Å². The lowest BCUT2D eigenvalue weighted by atomic mass is 10.1. The lowest BCUT2D eigenvalue weighted by Crippen LogP contribution is -2.26. The number of aromatic nitrogens is 2. The summed E-state index contributed by atoms with van der Waals surface area (Å²) >= 11 is 0. The normalized spacial score (nSPS) is 10.2. The number of likely N-dealkylation sites (N-methyl/N-ethyl adjacent to an activating group) is 1. The van der Waals surface area contributed by atoms with Crippen LogP contribution in [0.25, 0.3) is 11.3 Å². The average molecular weight is 261 g/mol. The molecule has 0 saturated carbocycles. The maximum Gasteiger partial charge on any atom is 0.323 e. The SMILES string of the molecule is CN(CC(=O)O)c1nccc(-c2cccc(F)c2)n1. The zero-order valence-corrected chi connectivity index (χ0v) is 10.2. The number of halogens is 1. The van der Waals surface area contributed by atoms with Gasteiger partial charge in [0.25, 0.3) is 0 Å². The van der Waals surface area contributed by atoms with Crippen LogP contribution in [-0.2, 0) is 4.79 Å². The molecule has 6 heteroatoms. The van der Waals surface area contributed by atoms with Crippen molar-refractivity contribution < 1.29 is 14.3 Å². The lowest BCUT2D eigenvalue weighted by molar-refractivity contribution is -0.135. The minimum Gasteiger partial charge on any atom is -0.480 e. The smallest absolute Gasteiger partial charge is 0.323 e. The third-order valence-electron chi connectivity index (χ3n) is 2.48. The first kappa shape index (κ1) is 12.9. The highest BCUT2D eigenvalue weighted by molar-refractivity contribution is 5.72. The zero-order chi connectivity index (χ0) is 13.8. The predicted molar refractivity (Wildman–Crippen MR) is 68.3 cm³/mol. The van der Waals surface area contributed by atoms with Crippen molar-refractivity contribution in [3.8, 4) is 11.3 Å². The van der Waals surface area contributed by atoms with Crippen LogP contribution >= 0.6 is 0 Å². The van der Waals surface area contributed by atoms with E-state index in [0.717, 1.165) is 0 Å². The molecule has 0 amide bonds. The molecule has 1 heterocycles. The minimum absolute atomic E-state index is 0.202. The first-order valence-electron chi connectivity index (χ1n) is 5.58. The largest absolute Gasteiger partial charge is 0.480 e. The van der Waals surface area contributed by atoms with Crippen LogP contribution in [0.3, 0.4) is 0 Å². The molecule has 0 bridgehead atoms. The van der Waals surface area contributed by atoms with E-state index in [2.05, 4.69) is 9.97 Å². The Balaban J connectivity index is 2.31. The van der Waals surface area contributed by atoms with Crippen molar-refractivity contribution in [2.45, 2.75) is 0 Å². The summed E-state index contributed by atoms with van der Waals surface area (Å²) in [6.45, 7) is -0.202. The second kappa shape index (κ2) is 5.43. The van der Waals surface area contributed by atoms with Gasteiger partial charge in [0.1, 0.15) is 12.4 Å². The van der Waals surface area contributed by atoms with E-state index >= 15 is 0 Å². The molecule has 0 fully saturated rings. The van der Waals surface area contributed by atoms with Crippen molar-refractivity contribution in [3.05, 3.63) is 42.3 Å². The summed E-state index contributed by atoms with van der Waals surface area (Å²) in [6, 6.07) is 7.68. The molecule has 19 heavy (non-hydrogen) atoms. The maximum atomic E-state index is 13.2. The standard InChI is InChI=1S/C13H12FN3O2/c1-17(8-12(18)19)13-15-6-5-11(16-13)9-3-2-4-10(14)7-9/h2-7H,8H2,1H3,(H,18,19). The fraction of sp³-hybridized carbons (Fsp3) is 0.154. The molecular weight excluding hydrogens is 249 g/mol. The summed E-state index contributed by atoms with van der Waals surface area (Å²) in [5, 5.41) is 8.72. The van der Waals surface area contributed by atoms with Gasteiger partial charge in [0.2, 0.25) is 5.95 Å². The summed E-state index contributed by atoms with van der Waals surface area (Å²) in [5.74, 6) is -1.04. The van der Waals surface area contributed by atoms with Crippen LogP contribution in [0.15, 0.2) is 36.5 Å². The minimum atomic E-state index is -0.970. The highest BCUT2D eigenvalue weighted by Gasteiger charge is 2.10. The molecule has 2 rings (SSSR count). The number of nitrogens with zero attached hydrogens (tertiary/aromatic N) is 3. The van der Waals surface area contributed by atoms with Crippen LogP contribution < -0.4 is 4.90 Å². The van der Waals surface area contributed by atoms with E-state index in [9.17, 15) is 9.18 Å². The molecule has 0 aliphatic rings. The first-order valence-corrected chi connectivity index (χ1v) is 5.58. The topological polar surface area (TPSA) is 66.3 Å². The van der Waals surface area contributed by atoms with Gasteiger partial charge in [-0.2, -0.15) is 0 Å². The zero-order valence-electron chi connectivity index (χ0n) is 10.2. The van der Waals surface area contributed by atoms with E-state index in [4.69, 9.17) is 5.11 Å². The predicted octanol–water partition coefficient (Wildman–Crippen LogP) is 1.80. The van der Waals surface area contributed by atoms with Crippen LogP contribution in [0, 0.1) is 5.82 Å². The lowest BCUT2D eigenvalue weighted by Gasteiger charge is -2.14. The van der Waals surface area contributed by atoms with Gasteiger partial charge in [-0.3, -0.25) is 4.79 Å². The van der Waals surface area contributed by atoms with Gasteiger partial charge in [-0.25, -0.2) is 14.4 Å². The molecule has 0 aliphatic heterocycles. The van der Waals surface area contributed by atoms with Crippen LogP contribution in [0.4, 0.5) is 10.3 Å². The Hall–Kier alpha value is -2.50. The third-order valence-corrected chi connectivity index (χ3v) is 2.48. The van der Waals surface area contributed by atoms with E-state index in [-0.39, 0.29) is 18.3 Å². The van der Waals surface area contributed by atoms with Gasteiger partial charge in [0.15, 0.2) is 0 Å². The molecule has 0 atom stereocenters. The van der Waals surface area contributed by atoms with Crippen LogP contribution in [0.5, 0.6) is 0 Å². The van der Waals surface area contributed by atoms with Crippen molar-refractivity contribution in [1.82, 2.24) is 9.97 Å². The average Bonchev–Trinajstić information content (AvgIpc) is 2.38. The Kier molecular flexibility index (Phi) is 3.70. The summed E-state index contributed by atoms with van der Waals surface area (Å²) in [5.41, 5.74) is 1.16. The monoisotopic (exact) mass is 261 g/mol. The number of hydrogen-bond acceptors (Lipinski definition) is 4. The number of hydrogen-bond donors (Lipinski definition) is 1. The number of benzene rings is 1. The van der Waals surface area contributed by atoms with Gasteiger partial charge in [0.05, 0.1) is 5.69 Å². The number of carboxylic acid groups (broad SMARTS) is 1. The Morgan fingerprint density at radius 1 is 1.42 bits per heavy atom.